The molecule has 1 aromatic carbocycles. The van der Waals surface area contributed by atoms with Crippen LogP contribution in [0.25, 0.3) is 11.4 Å². The summed E-state index contributed by atoms with van der Waals surface area (Å²) in [5.41, 5.74) is 0.902. The van der Waals surface area contributed by atoms with Gasteiger partial charge in [-0.3, -0.25) is 0 Å². The quantitative estimate of drug-likeness (QED) is 0.712. The third-order valence-electron chi connectivity index (χ3n) is 2.27. The first kappa shape index (κ1) is 14.0. The maximum atomic E-state index is 6.08. The number of aromatic nitrogens is 2. The van der Waals surface area contributed by atoms with Gasteiger partial charge in [-0.2, -0.15) is 0 Å². The van der Waals surface area contributed by atoms with Crippen molar-refractivity contribution in [2.24, 2.45) is 0 Å². The molecule has 0 aliphatic heterocycles. The van der Waals surface area contributed by atoms with Crippen LogP contribution in [-0.4, -0.2) is 16.5 Å². The molecule has 1 N–H and O–H groups in total. The van der Waals surface area contributed by atoms with Crippen molar-refractivity contribution >= 4 is 55.9 Å². The fraction of sp³-hybridized carbons (Fsp3) is 0.167. The summed E-state index contributed by atoms with van der Waals surface area (Å²) in [6.45, 7) is 2.86. The molecule has 0 saturated carbocycles. The lowest BCUT2D eigenvalue weighted by Crippen LogP contribution is -2.03. The Kier molecular flexibility index (Phi) is 4.80. The van der Waals surface area contributed by atoms with Crippen molar-refractivity contribution in [1.29, 1.82) is 0 Å². The smallest absolute Gasteiger partial charge is 0.161 e. The minimum absolute atomic E-state index is 0.652. The highest BCUT2D eigenvalue weighted by Crippen LogP contribution is 2.28. The molecule has 94 valence electrons. The van der Waals surface area contributed by atoms with Crippen molar-refractivity contribution in [3.8, 4) is 11.4 Å². The third kappa shape index (κ3) is 3.13. The molecule has 0 aliphatic rings. The van der Waals surface area contributed by atoms with Crippen molar-refractivity contribution in [3.05, 3.63) is 37.5 Å². The Morgan fingerprint density at radius 3 is 2.89 bits per heavy atom. The Hall–Kier alpha value is -0.400. The Morgan fingerprint density at radius 2 is 2.22 bits per heavy atom. The zero-order valence-corrected chi connectivity index (χ0v) is 14.0. The predicted molar refractivity (Wildman–Crippen MR) is 87.1 cm³/mol. The van der Waals surface area contributed by atoms with Gasteiger partial charge in [0.1, 0.15) is 5.82 Å². The molecule has 0 bridgehead atoms. The van der Waals surface area contributed by atoms with E-state index in [1.54, 1.807) is 6.20 Å². The van der Waals surface area contributed by atoms with Gasteiger partial charge in [0, 0.05) is 22.8 Å². The molecule has 0 saturated heterocycles. The van der Waals surface area contributed by atoms with Gasteiger partial charge in [-0.25, -0.2) is 9.97 Å². The summed E-state index contributed by atoms with van der Waals surface area (Å²) in [6.07, 6.45) is 1.80. The van der Waals surface area contributed by atoms with Gasteiger partial charge in [0.05, 0.1) is 8.59 Å². The third-order valence-corrected chi connectivity index (χ3v) is 4.29. The maximum absolute atomic E-state index is 6.08. The fourth-order valence-corrected chi connectivity index (χ4v) is 2.31. The van der Waals surface area contributed by atoms with Gasteiger partial charge in [0.25, 0.3) is 0 Å². The van der Waals surface area contributed by atoms with Crippen LogP contribution < -0.4 is 5.32 Å². The number of halogens is 3. The summed E-state index contributed by atoms with van der Waals surface area (Å²) in [5.74, 6) is 1.52. The van der Waals surface area contributed by atoms with E-state index in [0.717, 1.165) is 26.0 Å². The molecule has 0 aliphatic carbocycles. The van der Waals surface area contributed by atoms with Crippen molar-refractivity contribution in [1.82, 2.24) is 9.97 Å². The summed E-state index contributed by atoms with van der Waals surface area (Å²) >= 11 is 11.7. The molecule has 0 radical (unpaired) electrons. The van der Waals surface area contributed by atoms with Crippen LogP contribution in [0.15, 0.2) is 28.9 Å². The Morgan fingerprint density at radius 1 is 1.44 bits per heavy atom. The maximum Gasteiger partial charge on any atom is 0.161 e. The SMILES string of the molecule is CCNc1nc(-c2ccc(Br)c(Cl)c2)ncc1I. The minimum atomic E-state index is 0.652. The molecule has 18 heavy (non-hydrogen) atoms. The lowest BCUT2D eigenvalue weighted by molar-refractivity contribution is 1.10. The molecule has 2 rings (SSSR count). The molecular formula is C12H10BrClIN3. The first-order valence-corrected chi connectivity index (χ1v) is 7.58. The number of nitrogens with zero attached hydrogens (tertiary/aromatic N) is 2. The highest BCUT2D eigenvalue weighted by molar-refractivity contribution is 14.1. The largest absolute Gasteiger partial charge is 0.369 e. The highest BCUT2D eigenvalue weighted by atomic mass is 127. The van der Waals surface area contributed by atoms with E-state index < -0.39 is 0 Å². The average molecular weight is 438 g/mol. The lowest BCUT2D eigenvalue weighted by atomic mass is 10.2. The summed E-state index contributed by atoms with van der Waals surface area (Å²) < 4.78 is 1.87. The van der Waals surface area contributed by atoms with Gasteiger partial charge in [-0.15, -0.1) is 0 Å². The van der Waals surface area contributed by atoms with Gasteiger partial charge < -0.3 is 5.32 Å². The van der Waals surface area contributed by atoms with Crippen LogP contribution in [0.4, 0.5) is 5.82 Å². The molecule has 6 heteroatoms. The molecule has 1 aromatic heterocycles. The average Bonchev–Trinajstić information content (AvgIpc) is 2.36. The fourth-order valence-electron chi connectivity index (χ4n) is 1.43. The van der Waals surface area contributed by atoms with Crippen molar-refractivity contribution in [2.75, 3.05) is 11.9 Å². The van der Waals surface area contributed by atoms with Crippen LogP contribution in [0.5, 0.6) is 0 Å². The summed E-state index contributed by atoms with van der Waals surface area (Å²) in [7, 11) is 0. The second-order valence-electron chi connectivity index (χ2n) is 3.55. The van der Waals surface area contributed by atoms with Crippen LogP contribution >= 0.6 is 50.1 Å². The second-order valence-corrected chi connectivity index (χ2v) is 5.97. The molecule has 0 atom stereocenters. The summed E-state index contributed by atoms with van der Waals surface area (Å²) in [5, 5.41) is 3.86. The van der Waals surface area contributed by atoms with Crippen LogP contribution in [0, 0.1) is 3.57 Å². The van der Waals surface area contributed by atoms with Crippen molar-refractivity contribution in [3.63, 3.8) is 0 Å². The van der Waals surface area contributed by atoms with Crippen molar-refractivity contribution in [2.45, 2.75) is 6.92 Å². The molecule has 1 heterocycles. The van der Waals surface area contributed by atoms with Gasteiger partial charge in [0.15, 0.2) is 5.82 Å². The topological polar surface area (TPSA) is 37.8 Å². The molecule has 0 amide bonds. The van der Waals surface area contributed by atoms with Crippen LogP contribution in [-0.2, 0) is 0 Å². The Bertz CT molecular complexity index is 577. The first-order chi connectivity index (χ1) is 8.61. The number of hydrogen-bond donors (Lipinski definition) is 1. The van der Waals surface area contributed by atoms with E-state index in [2.05, 4.69) is 53.8 Å². The van der Waals surface area contributed by atoms with Crippen LogP contribution in [0.1, 0.15) is 6.92 Å². The molecule has 0 unspecified atom stereocenters. The van der Waals surface area contributed by atoms with Gasteiger partial charge in [-0.1, -0.05) is 11.6 Å². The zero-order valence-electron chi connectivity index (χ0n) is 9.54. The second kappa shape index (κ2) is 6.16. The molecule has 0 spiro atoms. The Balaban J connectivity index is 2.44. The molecule has 2 aromatic rings. The normalized spacial score (nSPS) is 10.4. The monoisotopic (exact) mass is 437 g/mol. The number of anilines is 1. The van der Waals surface area contributed by atoms with E-state index in [9.17, 15) is 0 Å². The van der Waals surface area contributed by atoms with E-state index in [4.69, 9.17) is 11.6 Å². The summed E-state index contributed by atoms with van der Waals surface area (Å²) in [4.78, 5) is 8.83. The minimum Gasteiger partial charge on any atom is -0.369 e. The van der Waals surface area contributed by atoms with Gasteiger partial charge in [0.2, 0.25) is 0 Å². The van der Waals surface area contributed by atoms with Crippen LogP contribution in [0.2, 0.25) is 5.02 Å². The lowest BCUT2D eigenvalue weighted by Gasteiger charge is -2.07. The van der Waals surface area contributed by atoms with Crippen molar-refractivity contribution < 1.29 is 0 Å². The number of nitrogens with one attached hydrogen (secondary N) is 1. The van der Waals surface area contributed by atoms with E-state index in [1.165, 1.54) is 0 Å². The number of benzene rings is 1. The first-order valence-electron chi connectivity index (χ1n) is 5.33. The zero-order chi connectivity index (χ0) is 13.1. The van der Waals surface area contributed by atoms with E-state index in [0.29, 0.717) is 10.8 Å². The number of rotatable bonds is 3. The molecule has 3 nitrogen and oxygen atoms in total. The summed E-state index contributed by atoms with van der Waals surface area (Å²) in [6, 6.07) is 5.68. The van der Waals surface area contributed by atoms with Gasteiger partial charge >= 0.3 is 0 Å². The molecule has 0 fully saturated rings. The van der Waals surface area contributed by atoms with E-state index in [1.807, 2.05) is 25.1 Å². The Labute approximate surface area is 133 Å². The van der Waals surface area contributed by atoms with Gasteiger partial charge in [-0.05, 0) is 63.6 Å². The van der Waals surface area contributed by atoms with Crippen LogP contribution in [0.3, 0.4) is 0 Å². The van der Waals surface area contributed by atoms with E-state index in [-0.39, 0.29) is 0 Å². The standard InChI is InChI=1S/C12H10BrClIN3/c1-2-16-12-10(15)6-17-11(18-12)7-3-4-8(13)9(14)5-7/h3-6H,2H2,1H3,(H,16,17,18). The number of hydrogen-bond acceptors (Lipinski definition) is 3. The van der Waals surface area contributed by atoms with E-state index >= 15 is 0 Å². The highest BCUT2D eigenvalue weighted by Gasteiger charge is 2.08. The predicted octanol–water partition coefficient (Wildman–Crippen LogP) is 4.60. The molecular weight excluding hydrogens is 428 g/mol.